The summed E-state index contributed by atoms with van der Waals surface area (Å²) in [6.45, 7) is 6.91. The molecule has 1 aromatic carbocycles. The van der Waals surface area contributed by atoms with Crippen molar-refractivity contribution in [2.24, 2.45) is 5.73 Å². The molecule has 0 bridgehead atoms. The highest BCUT2D eigenvalue weighted by molar-refractivity contribution is 5.94. The van der Waals surface area contributed by atoms with Crippen LogP contribution < -0.4 is 15.8 Å². The van der Waals surface area contributed by atoms with Crippen molar-refractivity contribution in [1.29, 1.82) is 0 Å². The van der Waals surface area contributed by atoms with E-state index in [2.05, 4.69) is 5.32 Å². The number of carbonyl (C=O) groups is 1. The fourth-order valence-electron chi connectivity index (χ4n) is 1.50. The molecule has 4 nitrogen and oxygen atoms in total. The first kappa shape index (κ1) is 14.5. The first-order valence-electron chi connectivity index (χ1n) is 6.30. The molecule has 0 saturated carbocycles. The summed E-state index contributed by atoms with van der Waals surface area (Å²) in [6, 6.07) is 7.11. The molecular formula is C14H22N2O2. The van der Waals surface area contributed by atoms with Crippen molar-refractivity contribution in [2.45, 2.75) is 32.7 Å². The van der Waals surface area contributed by atoms with E-state index < -0.39 is 0 Å². The summed E-state index contributed by atoms with van der Waals surface area (Å²) < 4.78 is 5.33. The fraction of sp³-hybridized carbons (Fsp3) is 0.500. The fourth-order valence-corrected chi connectivity index (χ4v) is 1.50. The molecule has 0 aliphatic rings. The van der Waals surface area contributed by atoms with E-state index in [1.165, 1.54) is 0 Å². The highest BCUT2D eigenvalue weighted by atomic mass is 16.5. The Morgan fingerprint density at radius 1 is 1.33 bits per heavy atom. The molecule has 1 aromatic rings. The van der Waals surface area contributed by atoms with Gasteiger partial charge in [0.05, 0.1) is 6.61 Å². The average Bonchev–Trinajstić information content (AvgIpc) is 2.39. The zero-order chi connectivity index (χ0) is 13.6. The van der Waals surface area contributed by atoms with Crippen LogP contribution in [-0.4, -0.2) is 24.6 Å². The molecule has 0 spiro atoms. The molecule has 18 heavy (non-hydrogen) atoms. The quantitative estimate of drug-likeness (QED) is 0.811. The topological polar surface area (TPSA) is 64.3 Å². The van der Waals surface area contributed by atoms with Gasteiger partial charge in [0, 0.05) is 17.6 Å². The summed E-state index contributed by atoms with van der Waals surface area (Å²) >= 11 is 0. The first-order valence-corrected chi connectivity index (χ1v) is 6.30. The Labute approximate surface area is 109 Å². The molecule has 0 radical (unpaired) electrons. The molecule has 1 rings (SSSR count). The third kappa shape index (κ3) is 3.74. The van der Waals surface area contributed by atoms with Gasteiger partial charge in [-0.3, -0.25) is 4.79 Å². The maximum atomic E-state index is 12.0. The van der Waals surface area contributed by atoms with Crippen molar-refractivity contribution in [1.82, 2.24) is 5.32 Å². The predicted octanol–water partition coefficient (Wildman–Crippen LogP) is 1.94. The molecule has 1 amide bonds. The molecule has 3 N–H and O–H groups in total. The van der Waals surface area contributed by atoms with E-state index in [0.29, 0.717) is 18.7 Å². The van der Waals surface area contributed by atoms with E-state index >= 15 is 0 Å². The van der Waals surface area contributed by atoms with Crippen LogP contribution in [0.5, 0.6) is 5.75 Å². The van der Waals surface area contributed by atoms with Crippen molar-refractivity contribution in [2.75, 3.05) is 13.2 Å². The molecule has 4 heteroatoms. The van der Waals surface area contributed by atoms with Gasteiger partial charge in [0.15, 0.2) is 0 Å². The lowest BCUT2D eigenvalue weighted by Gasteiger charge is -2.27. The van der Waals surface area contributed by atoms with Crippen LogP contribution in [0.15, 0.2) is 24.3 Å². The molecule has 1 unspecified atom stereocenters. The highest BCUT2D eigenvalue weighted by Gasteiger charge is 2.22. The Morgan fingerprint density at radius 2 is 1.94 bits per heavy atom. The van der Waals surface area contributed by atoms with Crippen molar-refractivity contribution in [3.8, 4) is 5.75 Å². The number of benzene rings is 1. The van der Waals surface area contributed by atoms with E-state index in [0.717, 1.165) is 12.2 Å². The van der Waals surface area contributed by atoms with Gasteiger partial charge in [-0.1, -0.05) is 6.92 Å². The van der Waals surface area contributed by atoms with E-state index in [1.807, 2.05) is 20.8 Å². The smallest absolute Gasteiger partial charge is 0.251 e. The third-order valence-electron chi connectivity index (χ3n) is 3.07. The van der Waals surface area contributed by atoms with Crippen molar-refractivity contribution in [3.05, 3.63) is 29.8 Å². The van der Waals surface area contributed by atoms with Crippen LogP contribution in [0.2, 0.25) is 0 Å². The maximum absolute atomic E-state index is 12.0. The van der Waals surface area contributed by atoms with Crippen LogP contribution in [0.4, 0.5) is 0 Å². The Kier molecular flexibility index (Phi) is 5.16. The zero-order valence-electron chi connectivity index (χ0n) is 11.3. The van der Waals surface area contributed by atoms with E-state index in [9.17, 15) is 4.79 Å². The van der Waals surface area contributed by atoms with Gasteiger partial charge in [0.25, 0.3) is 5.91 Å². The van der Waals surface area contributed by atoms with Crippen LogP contribution in [0, 0.1) is 0 Å². The van der Waals surface area contributed by atoms with Gasteiger partial charge in [-0.2, -0.15) is 0 Å². The number of carbonyl (C=O) groups excluding carboxylic acids is 1. The highest BCUT2D eigenvalue weighted by Crippen LogP contribution is 2.14. The molecular weight excluding hydrogens is 228 g/mol. The average molecular weight is 250 g/mol. The number of ether oxygens (including phenoxy) is 1. The summed E-state index contributed by atoms with van der Waals surface area (Å²) in [5.74, 6) is 0.666. The van der Waals surface area contributed by atoms with Crippen LogP contribution in [-0.2, 0) is 0 Å². The van der Waals surface area contributed by atoms with Crippen molar-refractivity contribution >= 4 is 5.91 Å². The number of hydrogen-bond acceptors (Lipinski definition) is 3. The largest absolute Gasteiger partial charge is 0.494 e. The van der Waals surface area contributed by atoms with Crippen LogP contribution in [0.1, 0.15) is 37.6 Å². The summed E-state index contributed by atoms with van der Waals surface area (Å²) in [5.41, 5.74) is 5.94. The van der Waals surface area contributed by atoms with E-state index in [4.69, 9.17) is 10.5 Å². The van der Waals surface area contributed by atoms with Crippen molar-refractivity contribution in [3.63, 3.8) is 0 Å². The molecule has 0 aliphatic heterocycles. The Bertz CT molecular complexity index is 383. The molecule has 0 aromatic heterocycles. The number of nitrogens with two attached hydrogens (primary N) is 1. The van der Waals surface area contributed by atoms with Crippen LogP contribution in [0.25, 0.3) is 0 Å². The predicted molar refractivity (Wildman–Crippen MR) is 72.8 cm³/mol. The zero-order valence-corrected chi connectivity index (χ0v) is 11.3. The van der Waals surface area contributed by atoms with E-state index in [1.54, 1.807) is 24.3 Å². The summed E-state index contributed by atoms with van der Waals surface area (Å²) in [6.07, 6.45) is 0.798. The number of rotatable bonds is 6. The van der Waals surface area contributed by atoms with Gasteiger partial charge in [-0.15, -0.1) is 0 Å². The maximum Gasteiger partial charge on any atom is 0.251 e. The van der Waals surface area contributed by atoms with Crippen molar-refractivity contribution < 1.29 is 9.53 Å². The minimum atomic E-state index is -0.352. The molecule has 0 fully saturated rings. The van der Waals surface area contributed by atoms with Gasteiger partial charge >= 0.3 is 0 Å². The molecule has 0 saturated heterocycles. The van der Waals surface area contributed by atoms with Gasteiger partial charge < -0.3 is 15.8 Å². The van der Waals surface area contributed by atoms with E-state index in [-0.39, 0.29) is 11.4 Å². The molecule has 1 atom stereocenters. The van der Waals surface area contributed by atoms with Crippen LogP contribution in [0.3, 0.4) is 0 Å². The lowest BCUT2D eigenvalue weighted by molar-refractivity contribution is 0.0906. The lowest BCUT2D eigenvalue weighted by Crippen LogP contribution is -2.50. The van der Waals surface area contributed by atoms with Gasteiger partial charge in [-0.05, 0) is 44.5 Å². The van der Waals surface area contributed by atoms with Gasteiger partial charge in [-0.25, -0.2) is 0 Å². The second-order valence-electron chi connectivity index (χ2n) is 4.53. The Morgan fingerprint density at radius 3 is 2.39 bits per heavy atom. The minimum Gasteiger partial charge on any atom is -0.494 e. The first-order chi connectivity index (χ1) is 8.54. The third-order valence-corrected chi connectivity index (χ3v) is 3.07. The SMILES string of the molecule is CCOc1ccc(C(=O)NC(C)(CC)CN)cc1. The Balaban J connectivity index is 2.72. The Hall–Kier alpha value is -1.55. The number of amides is 1. The second kappa shape index (κ2) is 6.40. The molecule has 0 aliphatic carbocycles. The minimum absolute atomic E-state index is 0.104. The lowest BCUT2D eigenvalue weighted by atomic mass is 9.98. The number of hydrogen-bond donors (Lipinski definition) is 2. The summed E-state index contributed by atoms with van der Waals surface area (Å²) in [7, 11) is 0. The van der Waals surface area contributed by atoms with Crippen LogP contribution >= 0.6 is 0 Å². The van der Waals surface area contributed by atoms with Gasteiger partial charge in [0.2, 0.25) is 0 Å². The molecule has 100 valence electrons. The normalized spacial score (nSPS) is 13.8. The summed E-state index contributed by atoms with van der Waals surface area (Å²) in [5, 5.41) is 2.96. The second-order valence-corrected chi connectivity index (χ2v) is 4.53. The molecule has 0 heterocycles. The standard InChI is InChI=1S/C14H22N2O2/c1-4-14(3,10-15)16-13(17)11-6-8-12(9-7-11)18-5-2/h6-9H,4-5,10,15H2,1-3H3,(H,16,17). The monoisotopic (exact) mass is 250 g/mol. The summed E-state index contributed by atoms with van der Waals surface area (Å²) in [4.78, 5) is 12.0. The van der Waals surface area contributed by atoms with Gasteiger partial charge in [0.1, 0.15) is 5.75 Å². The number of nitrogens with one attached hydrogen (secondary N) is 1.